The molecular weight excluding hydrogens is 403 g/mol. The van der Waals surface area contributed by atoms with Crippen LogP contribution in [0.25, 0.3) is 0 Å². The number of rotatable bonds is 5. The number of carbonyl (C=O) groups is 2. The number of amides is 2. The van der Waals surface area contributed by atoms with E-state index in [1.807, 2.05) is 36.1 Å². The van der Waals surface area contributed by atoms with Gasteiger partial charge in [0.2, 0.25) is 5.91 Å². The van der Waals surface area contributed by atoms with Crippen molar-refractivity contribution in [1.82, 2.24) is 15.1 Å². The molecule has 0 bridgehead atoms. The third-order valence-electron chi connectivity index (χ3n) is 5.23. The minimum Gasteiger partial charge on any atom is -0.368 e. The Morgan fingerprint density at radius 2 is 1.82 bits per heavy atom. The number of anilines is 1. The summed E-state index contributed by atoms with van der Waals surface area (Å²) in [6.45, 7) is 4.98. The Kier molecular flexibility index (Phi) is 6.50. The summed E-state index contributed by atoms with van der Waals surface area (Å²) in [5.74, 6) is -0.350. The van der Waals surface area contributed by atoms with E-state index in [1.165, 1.54) is 4.90 Å². The highest BCUT2D eigenvalue weighted by atomic mass is 35.5. The van der Waals surface area contributed by atoms with Gasteiger partial charge in [-0.15, -0.1) is 0 Å². The van der Waals surface area contributed by atoms with E-state index in [4.69, 9.17) is 23.2 Å². The van der Waals surface area contributed by atoms with Gasteiger partial charge in [0.1, 0.15) is 5.03 Å². The first-order valence-electron chi connectivity index (χ1n) is 9.17. The van der Waals surface area contributed by atoms with E-state index < -0.39 is 12.1 Å². The Hall–Kier alpha value is -1.80. The van der Waals surface area contributed by atoms with Crippen LogP contribution < -0.4 is 10.2 Å². The summed E-state index contributed by atoms with van der Waals surface area (Å²) < 4.78 is 0. The van der Waals surface area contributed by atoms with E-state index in [0.717, 1.165) is 24.3 Å². The van der Waals surface area contributed by atoms with Gasteiger partial charge in [0.25, 0.3) is 5.91 Å². The maximum Gasteiger partial charge on any atom is 0.269 e. The first kappa shape index (κ1) is 20.9. The van der Waals surface area contributed by atoms with E-state index in [1.54, 1.807) is 7.05 Å². The highest BCUT2D eigenvalue weighted by molar-refractivity contribution is 6.49. The van der Waals surface area contributed by atoms with Crippen molar-refractivity contribution in [2.24, 2.45) is 0 Å². The average Bonchev–Trinajstić information content (AvgIpc) is 2.91. The van der Waals surface area contributed by atoms with Crippen LogP contribution >= 0.6 is 23.2 Å². The van der Waals surface area contributed by atoms with Crippen molar-refractivity contribution in [2.45, 2.75) is 25.7 Å². The SMILES string of the molecule is CN[C@@H](C)C(=O)N1CCN(c2ccc(CN3C(=O)C(Cl)=C(Cl)C3O)cc2)CC1. The molecule has 152 valence electrons. The smallest absolute Gasteiger partial charge is 0.269 e. The number of aliphatic hydroxyl groups excluding tert-OH is 1. The van der Waals surface area contributed by atoms with Gasteiger partial charge >= 0.3 is 0 Å². The molecule has 2 N–H and O–H groups in total. The Morgan fingerprint density at radius 1 is 1.21 bits per heavy atom. The van der Waals surface area contributed by atoms with E-state index in [9.17, 15) is 14.7 Å². The zero-order valence-corrected chi connectivity index (χ0v) is 17.4. The van der Waals surface area contributed by atoms with E-state index >= 15 is 0 Å². The maximum atomic E-state index is 12.3. The molecule has 2 aliphatic rings. The van der Waals surface area contributed by atoms with Crippen LogP contribution in [-0.2, 0) is 16.1 Å². The minimum absolute atomic E-state index is 0.0386. The molecule has 0 saturated carbocycles. The summed E-state index contributed by atoms with van der Waals surface area (Å²) in [6.07, 6.45) is -1.20. The van der Waals surface area contributed by atoms with Crippen molar-refractivity contribution in [3.63, 3.8) is 0 Å². The lowest BCUT2D eigenvalue weighted by Gasteiger charge is -2.37. The van der Waals surface area contributed by atoms with Crippen LogP contribution in [0.15, 0.2) is 34.3 Å². The van der Waals surface area contributed by atoms with Gasteiger partial charge in [0.05, 0.1) is 11.1 Å². The number of hydrogen-bond donors (Lipinski definition) is 2. The molecule has 0 aliphatic carbocycles. The van der Waals surface area contributed by atoms with E-state index in [-0.39, 0.29) is 28.6 Å². The zero-order valence-electron chi connectivity index (χ0n) is 15.9. The Labute approximate surface area is 174 Å². The number of carbonyl (C=O) groups excluding carboxylic acids is 2. The molecule has 1 unspecified atom stereocenters. The van der Waals surface area contributed by atoms with Gasteiger partial charge in [-0.3, -0.25) is 9.59 Å². The molecule has 1 aromatic carbocycles. The normalized spacial score (nSPS) is 21.5. The standard InChI is InChI=1S/C19H24Cl2N4O3/c1-12(22-2)17(26)24-9-7-23(8-10-24)14-5-3-13(4-6-14)11-25-18(27)15(20)16(21)19(25)28/h3-6,12,18,22,27H,7-11H2,1-2H3/t12-,18?/m0/s1. The summed E-state index contributed by atoms with van der Waals surface area (Å²) in [6, 6.07) is 7.61. The molecule has 2 amide bonds. The molecule has 0 aromatic heterocycles. The van der Waals surface area contributed by atoms with Gasteiger partial charge in [0, 0.05) is 38.4 Å². The minimum atomic E-state index is -1.20. The maximum absolute atomic E-state index is 12.3. The quantitative estimate of drug-likeness (QED) is 0.741. The molecule has 1 fully saturated rings. The second-order valence-corrected chi connectivity index (χ2v) is 7.74. The van der Waals surface area contributed by atoms with Crippen LogP contribution in [0.5, 0.6) is 0 Å². The second-order valence-electron chi connectivity index (χ2n) is 6.96. The monoisotopic (exact) mass is 426 g/mol. The molecule has 1 aromatic rings. The van der Waals surface area contributed by atoms with Crippen LogP contribution in [0.4, 0.5) is 5.69 Å². The zero-order chi connectivity index (χ0) is 20.4. The summed E-state index contributed by atoms with van der Waals surface area (Å²) in [5, 5.41) is 12.8. The first-order chi connectivity index (χ1) is 13.3. The summed E-state index contributed by atoms with van der Waals surface area (Å²) in [7, 11) is 1.78. The number of likely N-dealkylation sites (N-methyl/N-ethyl adjacent to an activating group) is 1. The van der Waals surface area contributed by atoms with Gasteiger partial charge in [0.15, 0.2) is 6.23 Å². The lowest BCUT2D eigenvalue weighted by molar-refractivity contribution is -0.133. The molecule has 28 heavy (non-hydrogen) atoms. The van der Waals surface area contributed by atoms with Crippen molar-refractivity contribution < 1.29 is 14.7 Å². The Morgan fingerprint density at radius 3 is 2.32 bits per heavy atom. The fourth-order valence-corrected chi connectivity index (χ4v) is 3.74. The van der Waals surface area contributed by atoms with Crippen LogP contribution in [0, 0.1) is 0 Å². The topological polar surface area (TPSA) is 76.1 Å². The van der Waals surface area contributed by atoms with Gasteiger partial charge in [-0.05, 0) is 31.7 Å². The van der Waals surface area contributed by atoms with Crippen molar-refractivity contribution >= 4 is 40.7 Å². The lowest BCUT2D eigenvalue weighted by Crippen LogP contribution is -2.53. The fraction of sp³-hybridized carbons (Fsp3) is 0.474. The number of nitrogens with zero attached hydrogens (tertiary/aromatic N) is 3. The highest BCUT2D eigenvalue weighted by Gasteiger charge is 2.36. The van der Waals surface area contributed by atoms with Crippen LogP contribution in [-0.4, -0.2) is 72.2 Å². The van der Waals surface area contributed by atoms with Crippen LogP contribution in [0.2, 0.25) is 0 Å². The van der Waals surface area contributed by atoms with Crippen molar-refractivity contribution in [2.75, 3.05) is 38.1 Å². The molecule has 0 spiro atoms. The summed E-state index contributed by atoms with van der Waals surface area (Å²) in [5.41, 5.74) is 1.92. The molecule has 2 heterocycles. The molecule has 7 nitrogen and oxygen atoms in total. The number of hydrogen-bond acceptors (Lipinski definition) is 5. The second kappa shape index (κ2) is 8.69. The molecular formula is C19H24Cl2N4O3. The number of benzene rings is 1. The summed E-state index contributed by atoms with van der Waals surface area (Å²) in [4.78, 5) is 29.6. The molecule has 2 atom stereocenters. The number of piperazine rings is 1. The van der Waals surface area contributed by atoms with Gasteiger partial charge < -0.3 is 25.1 Å². The number of aliphatic hydroxyl groups is 1. The third kappa shape index (κ3) is 4.12. The predicted octanol–water partition coefficient (Wildman–Crippen LogP) is 1.29. The molecule has 3 rings (SSSR count). The largest absolute Gasteiger partial charge is 0.368 e. The van der Waals surface area contributed by atoms with Crippen molar-refractivity contribution in [1.29, 1.82) is 0 Å². The first-order valence-corrected chi connectivity index (χ1v) is 9.93. The van der Waals surface area contributed by atoms with E-state index in [0.29, 0.717) is 13.1 Å². The van der Waals surface area contributed by atoms with Gasteiger partial charge in [-0.2, -0.15) is 0 Å². The Balaban J connectivity index is 1.57. The van der Waals surface area contributed by atoms with Crippen molar-refractivity contribution in [3.8, 4) is 0 Å². The summed E-state index contributed by atoms with van der Waals surface area (Å²) >= 11 is 11.7. The predicted molar refractivity (Wildman–Crippen MR) is 109 cm³/mol. The lowest BCUT2D eigenvalue weighted by atomic mass is 10.1. The fourth-order valence-electron chi connectivity index (χ4n) is 3.34. The number of halogens is 2. The van der Waals surface area contributed by atoms with Gasteiger partial charge in [-0.1, -0.05) is 35.3 Å². The molecule has 2 aliphatic heterocycles. The van der Waals surface area contributed by atoms with Crippen LogP contribution in [0.1, 0.15) is 12.5 Å². The van der Waals surface area contributed by atoms with E-state index in [2.05, 4.69) is 10.2 Å². The van der Waals surface area contributed by atoms with Crippen molar-refractivity contribution in [3.05, 3.63) is 39.9 Å². The molecule has 1 saturated heterocycles. The average molecular weight is 427 g/mol. The molecule has 9 heteroatoms. The molecule has 0 radical (unpaired) electrons. The van der Waals surface area contributed by atoms with Gasteiger partial charge in [-0.25, -0.2) is 0 Å². The Bertz CT molecular complexity index is 776. The third-order valence-corrected chi connectivity index (χ3v) is 6.08. The van der Waals surface area contributed by atoms with Crippen LogP contribution in [0.3, 0.4) is 0 Å². The highest BCUT2D eigenvalue weighted by Crippen LogP contribution is 2.31. The number of nitrogens with one attached hydrogen (secondary N) is 1.